The van der Waals surface area contributed by atoms with Gasteiger partial charge in [-0.3, -0.25) is 0 Å². The maximum absolute atomic E-state index is 5.49. The highest BCUT2D eigenvalue weighted by molar-refractivity contribution is 5.95. The van der Waals surface area contributed by atoms with Crippen molar-refractivity contribution >= 4 is 11.6 Å². The van der Waals surface area contributed by atoms with Crippen molar-refractivity contribution in [3.05, 3.63) is 77.9 Å². The van der Waals surface area contributed by atoms with Crippen molar-refractivity contribution in [3.8, 4) is 0 Å². The van der Waals surface area contributed by atoms with E-state index in [1.165, 1.54) is 5.56 Å². The molecule has 1 heterocycles. The van der Waals surface area contributed by atoms with Gasteiger partial charge < -0.3 is 10.1 Å². The number of ether oxygens (including phenoxy) is 1. The number of nitrogens with one attached hydrogen (secondary N) is 1. The van der Waals surface area contributed by atoms with Crippen molar-refractivity contribution in [3.63, 3.8) is 0 Å². The molecule has 0 bridgehead atoms. The van der Waals surface area contributed by atoms with Gasteiger partial charge in [-0.25, -0.2) is 4.99 Å². The third-order valence-electron chi connectivity index (χ3n) is 3.29. The van der Waals surface area contributed by atoms with Crippen molar-refractivity contribution in [1.29, 1.82) is 0 Å². The lowest BCUT2D eigenvalue weighted by atomic mass is 10.1. The van der Waals surface area contributed by atoms with Gasteiger partial charge in [-0.05, 0) is 11.1 Å². The van der Waals surface area contributed by atoms with Crippen LogP contribution in [0.2, 0.25) is 0 Å². The zero-order valence-corrected chi connectivity index (χ0v) is 11.8. The highest BCUT2D eigenvalue weighted by atomic mass is 16.5. The Hall–Kier alpha value is -2.55. The second-order valence-electron chi connectivity index (χ2n) is 4.83. The molecule has 0 fully saturated rings. The largest absolute Gasteiger partial charge is 0.476 e. The summed E-state index contributed by atoms with van der Waals surface area (Å²) in [7, 11) is 0. The quantitative estimate of drug-likeness (QED) is 0.911. The monoisotopic (exact) mass is 278 g/mol. The average molecular weight is 278 g/mol. The first kappa shape index (κ1) is 13.4. The van der Waals surface area contributed by atoms with Crippen LogP contribution < -0.4 is 5.32 Å². The Morgan fingerprint density at radius 1 is 1.05 bits per heavy atom. The van der Waals surface area contributed by atoms with Gasteiger partial charge in [0.2, 0.25) is 5.90 Å². The number of aliphatic imine (C=N–C) groups is 1. The van der Waals surface area contributed by atoms with E-state index in [1.54, 1.807) is 0 Å². The van der Waals surface area contributed by atoms with E-state index in [-0.39, 0.29) is 0 Å². The molecule has 0 atom stereocenters. The predicted octanol–water partition coefficient (Wildman–Crippen LogP) is 3.25. The minimum atomic E-state index is 0.673. The molecule has 3 nitrogen and oxygen atoms in total. The topological polar surface area (TPSA) is 33.6 Å². The van der Waals surface area contributed by atoms with Crippen LogP contribution in [0.25, 0.3) is 5.70 Å². The molecule has 0 spiro atoms. The molecule has 0 saturated carbocycles. The molecule has 0 amide bonds. The highest BCUT2D eigenvalue weighted by Gasteiger charge is 2.08. The van der Waals surface area contributed by atoms with E-state index < -0.39 is 0 Å². The number of hydrogen-bond donors (Lipinski definition) is 1. The molecule has 0 aromatic heterocycles. The average Bonchev–Trinajstić information content (AvgIpc) is 3.06. The van der Waals surface area contributed by atoms with Crippen molar-refractivity contribution in [2.45, 2.75) is 6.54 Å². The second-order valence-corrected chi connectivity index (χ2v) is 4.83. The first-order chi connectivity index (χ1) is 10.4. The van der Waals surface area contributed by atoms with Crippen LogP contribution in [-0.4, -0.2) is 19.0 Å². The molecule has 0 aliphatic carbocycles. The molecule has 1 aliphatic heterocycles. The Bertz CT molecular complexity index is 633. The van der Waals surface area contributed by atoms with Gasteiger partial charge in [-0.1, -0.05) is 60.7 Å². The van der Waals surface area contributed by atoms with E-state index in [2.05, 4.69) is 34.6 Å². The van der Waals surface area contributed by atoms with Crippen molar-refractivity contribution in [2.24, 2.45) is 4.99 Å². The number of hydrogen-bond acceptors (Lipinski definition) is 3. The smallest absolute Gasteiger partial charge is 0.210 e. The number of rotatable bonds is 5. The molecule has 0 unspecified atom stereocenters. The summed E-state index contributed by atoms with van der Waals surface area (Å²) in [6, 6.07) is 20.6. The molecule has 3 heteroatoms. The Morgan fingerprint density at radius 3 is 2.43 bits per heavy atom. The number of benzene rings is 2. The normalized spacial score (nSPS) is 14.5. The molecular formula is C18H18N2O. The minimum Gasteiger partial charge on any atom is -0.476 e. The second kappa shape index (κ2) is 6.75. The fourth-order valence-electron chi connectivity index (χ4n) is 2.21. The van der Waals surface area contributed by atoms with Gasteiger partial charge in [-0.15, -0.1) is 0 Å². The lowest BCUT2D eigenvalue weighted by Crippen LogP contribution is -2.13. The Morgan fingerprint density at radius 2 is 1.76 bits per heavy atom. The maximum Gasteiger partial charge on any atom is 0.210 e. The third-order valence-corrected chi connectivity index (χ3v) is 3.29. The zero-order chi connectivity index (χ0) is 14.3. The molecule has 1 aliphatic rings. The van der Waals surface area contributed by atoms with Crippen molar-refractivity contribution < 1.29 is 4.74 Å². The lowest BCUT2D eigenvalue weighted by Gasteiger charge is -2.12. The minimum absolute atomic E-state index is 0.673. The molecule has 2 aromatic carbocycles. The molecule has 2 aromatic rings. The van der Waals surface area contributed by atoms with Crippen LogP contribution in [0.5, 0.6) is 0 Å². The summed E-state index contributed by atoms with van der Waals surface area (Å²) < 4.78 is 5.49. The van der Waals surface area contributed by atoms with Crippen LogP contribution >= 0.6 is 0 Å². The first-order valence-corrected chi connectivity index (χ1v) is 7.14. The van der Waals surface area contributed by atoms with E-state index in [0.29, 0.717) is 12.5 Å². The summed E-state index contributed by atoms with van der Waals surface area (Å²) in [6.07, 6.45) is 1.98. The van der Waals surface area contributed by atoms with Gasteiger partial charge in [-0.2, -0.15) is 0 Å². The zero-order valence-electron chi connectivity index (χ0n) is 11.8. The maximum atomic E-state index is 5.49. The van der Waals surface area contributed by atoms with Crippen LogP contribution in [0, 0.1) is 0 Å². The van der Waals surface area contributed by atoms with Gasteiger partial charge in [0.25, 0.3) is 0 Å². The molecule has 106 valence electrons. The van der Waals surface area contributed by atoms with E-state index >= 15 is 0 Å². The summed E-state index contributed by atoms with van der Waals surface area (Å²) in [5.41, 5.74) is 3.40. The summed E-state index contributed by atoms with van der Waals surface area (Å²) in [4.78, 5) is 4.33. The Labute approximate surface area is 125 Å². The lowest BCUT2D eigenvalue weighted by molar-refractivity contribution is 0.350. The van der Waals surface area contributed by atoms with Crippen LogP contribution in [0.1, 0.15) is 11.1 Å². The SMILES string of the molecule is C(=C(NCc1ccccc1)c1ccccc1)C1=NCCO1. The van der Waals surface area contributed by atoms with Crippen molar-refractivity contribution in [1.82, 2.24) is 5.32 Å². The van der Waals surface area contributed by atoms with E-state index in [9.17, 15) is 0 Å². The number of nitrogens with zero attached hydrogens (tertiary/aromatic N) is 1. The van der Waals surface area contributed by atoms with Crippen LogP contribution in [0.4, 0.5) is 0 Å². The standard InChI is InChI=1S/C18H18N2O/c1-3-7-15(8-4-1)14-20-17(13-18-19-11-12-21-18)16-9-5-2-6-10-16/h1-10,13,20H,11-12,14H2. The van der Waals surface area contributed by atoms with Gasteiger partial charge in [0, 0.05) is 18.3 Å². The molecule has 1 N–H and O–H groups in total. The van der Waals surface area contributed by atoms with Crippen LogP contribution in [0.15, 0.2) is 71.7 Å². The van der Waals surface area contributed by atoms with Gasteiger partial charge in [0.1, 0.15) is 6.61 Å². The van der Waals surface area contributed by atoms with Gasteiger partial charge in [0.15, 0.2) is 0 Å². The van der Waals surface area contributed by atoms with Crippen LogP contribution in [-0.2, 0) is 11.3 Å². The first-order valence-electron chi connectivity index (χ1n) is 7.14. The summed E-state index contributed by atoms with van der Waals surface area (Å²) >= 11 is 0. The summed E-state index contributed by atoms with van der Waals surface area (Å²) in [6.45, 7) is 2.19. The fraction of sp³-hybridized carbons (Fsp3) is 0.167. The highest BCUT2D eigenvalue weighted by Crippen LogP contribution is 2.13. The van der Waals surface area contributed by atoms with Gasteiger partial charge >= 0.3 is 0 Å². The summed E-state index contributed by atoms with van der Waals surface area (Å²) in [5.74, 6) is 0.703. The predicted molar refractivity (Wildman–Crippen MR) is 86.0 cm³/mol. The summed E-state index contributed by atoms with van der Waals surface area (Å²) in [5, 5.41) is 3.48. The molecular weight excluding hydrogens is 260 g/mol. The third kappa shape index (κ3) is 3.72. The van der Waals surface area contributed by atoms with E-state index in [1.807, 2.05) is 42.5 Å². The molecule has 0 radical (unpaired) electrons. The van der Waals surface area contributed by atoms with Gasteiger partial charge in [0.05, 0.1) is 6.54 Å². The Kier molecular flexibility index (Phi) is 4.32. The van der Waals surface area contributed by atoms with E-state index in [0.717, 1.165) is 24.4 Å². The Balaban J connectivity index is 1.79. The molecule has 0 saturated heterocycles. The molecule has 21 heavy (non-hydrogen) atoms. The molecule has 3 rings (SSSR count). The van der Waals surface area contributed by atoms with E-state index in [4.69, 9.17) is 4.74 Å². The fourth-order valence-corrected chi connectivity index (χ4v) is 2.21. The van der Waals surface area contributed by atoms with Crippen LogP contribution in [0.3, 0.4) is 0 Å². The van der Waals surface area contributed by atoms with Crippen molar-refractivity contribution in [2.75, 3.05) is 13.2 Å².